The van der Waals surface area contributed by atoms with Crippen LogP contribution in [0.25, 0.3) is 0 Å². The Morgan fingerprint density at radius 1 is 1.20 bits per heavy atom. The van der Waals surface area contributed by atoms with Crippen LogP contribution in [0.4, 0.5) is 4.79 Å². The fraction of sp³-hybridized carbons (Fsp3) is 0.938. The molecule has 0 radical (unpaired) electrons. The van der Waals surface area contributed by atoms with E-state index >= 15 is 0 Å². The summed E-state index contributed by atoms with van der Waals surface area (Å²) in [5, 5.41) is 6.07. The number of rotatable bonds is 7. The number of hydrogen-bond acceptors (Lipinski definition) is 2. The van der Waals surface area contributed by atoms with Gasteiger partial charge in [-0.05, 0) is 43.4 Å². The van der Waals surface area contributed by atoms with Crippen LogP contribution >= 0.6 is 0 Å². The van der Waals surface area contributed by atoms with E-state index in [1.165, 1.54) is 32.1 Å². The number of amides is 2. The smallest absolute Gasteiger partial charge is 0.315 e. The van der Waals surface area contributed by atoms with Gasteiger partial charge in [0, 0.05) is 19.2 Å². The van der Waals surface area contributed by atoms with Crippen LogP contribution in [0.1, 0.15) is 52.4 Å². The number of carbonyl (C=O) groups excluding carboxylic acids is 1. The Hall–Kier alpha value is -0.770. The topological polar surface area (TPSA) is 50.4 Å². The lowest BCUT2D eigenvalue weighted by Crippen LogP contribution is -2.48. The zero-order valence-corrected chi connectivity index (χ0v) is 13.0. The van der Waals surface area contributed by atoms with E-state index < -0.39 is 0 Å². The largest absolute Gasteiger partial charge is 0.379 e. The molecule has 0 aromatic carbocycles. The van der Waals surface area contributed by atoms with E-state index in [9.17, 15) is 4.79 Å². The molecule has 116 valence electrons. The second kappa shape index (κ2) is 7.87. The molecule has 0 saturated heterocycles. The van der Waals surface area contributed by atoms with Gasteiger partial charge in [0.1, 0.15) is 0 Å². The molecule has 0 heterocycles. The summed E-state index contributed by atoms with van der Waals surface area (Å²) < 4.78 is 5.51. The quantitative estimate of drug-likeness (QED) is 0.705. The Kier molecular flexibility index (Phi) is 6.14. The normalized spacial score (nSPS) is 26.6. The van der Waals surface area contributed by atoms with Gasteiger partial charge in [-0.15, -0.1) is 0 Å². The van der Waals surface area contributed by atoms with Crippen LogP contribution in [0.2, 0.25) is 0 Å². The molecule has 0 bridgehead atoms. The summed E-state index contributed by atoms with van der Waals surface area (Å²) in [6, 6.07) is 0.314. The van der Waals surface area contributed by atoms with Gasteiger partial charge >= 0.3 is 6.03 Å². The molecular weight excluding hydrogens is 252 g/mol. The molecule has 2 amide bonds. The molecule has 2 fully saturated rings. The first-order chi connectivity index (χ1) is 9.66. The number of nitrogens with one attached hydrogen (secondary N) is 2. The van der Waals surface area contributed by atoms with Crippen LogP contribution in [0.15, 0.2) is 0 Å². The van der Waals surface area contributed by atoms with Crippen molar-refractivity contribution < 1.29 is 9.53 Å². The Bertz CT molecular complexity index is 303. The molecule has 0 aromatic heterocycles. The molecule has 2 aliphatic carbocycles. The van der Waals surface area contributed by atoms with E-state index in [1.807, 2.05) is 0 Å². The highest BCUT2D eigenvalue weighted by atomic mass is 16.5. The monoisotopic (exact) mass is 282 g/mol. The molecular formula is C16H30N2O2. The first-order valence-corrected chi connectivity index (χ1v) is 8.29. The van der Waals surface area contributed by atoms with Crippen LogP contribution in [0.3, 0.4) is 0 Å². The maximum atomic E-state index is 11.9. The number of hydrogen-bond donors (Lipinski definition) is 2. The summed E-state index contributed by atoms with van der Waals surface area (Å²) in [5.41, 5.74) is 0. The molecule has 4 heteroatoms. The second-order valence-corrected chi connectivity index (χ2v) is 6.72. The molecule has 2 N–H and O–H groups in total. The lowest BCUT2D eigenvalue weighted by atomic mass is 9.78. The fourth-order valence-electron chi connectivity index (χ4n) is 3.13. The number of carbonyl (C=O) groups is 1. The maximum absolute atomic E-state index is 11.9. The maximum Gasteiger partial charge on any atom is 0.315 e. The summed E-state index contributed by atoms with van der Waals surface area (Å²) in [6.07, 6.45) is 7.52. The van der Waals surface area contributed by atoms with Crippen molar-refractivity contribution in [2.45, 2.75) is 58.4 Å². The Morgan fingerprint density at radius 2 is 1.95 bits per heavy atom. The van der Waals surface area contributed by atoms with E-state index in [1.54, 1.807) is 0 Å². The summed E-state index contributed by atoms with van der Waals surface area (Å²) in [5.74, 6) is 2.06. The van der Waals surface area contributed by atoms with E-state index in [0.29, 0.717) is 31.0 Å². The van der Waals surface area contributed by atoms with Crippen molar-refractivity contribution in [3.8, 4) is 0 Å². The first kappa shape index (κ1) is 15.6. The van der Waals surface area contributed by atoms with Crippen molar-refractivity contribution in [3.05, 3.63) is 0 Å². The standard InChI is InChI=1S/C16H30N2O2/c1-12(2)14-5-3-4-6-15(14)18-16(19)17-9-10-20-11-13-7-8-13/h12-15H,3-11H2,1-2H3,(H2,17,18,19). The van der Waals surface area contributed by atoms with E-state index in [4.69, 9.17) is 4.74 Å². The van der Waals surface area contributed by atoms with Crippen molar-refractivity contribution in [1.82, 2.24) is 10.6 Å². The molecule has 2 rings (SSSR count). The minimum Gasteiger partial charge on any atom is -0.379 e. The second-order valence-electron chi connectivity index (χ2n) is 6.72. The Labute approximate surface area is 123 Å². The first-order valence-electron chi connectivity index (χ1n) is 8.29. The third-order valence-electron chi connectivity index (χ3n) is 4.57. The lowest BCUT2D eigenvalue weighted by molar-refractivity contribution is 0.126. The van der Waals surface area contributed by atoms with Gasteiger partial charge in [-0.25, -0.2) is 4.79 Å². The minimum atomic E-state index is -0.0300. The van der Waals surface area contributed by atoms with Crippen molar-refractivity contribution in [1.29, 1.82) is 0 Å². The molecule has 4 nitrogen and oxygen atoms in total. The van der Waals surface area contributed by atoms with Gasteiger partial charge in [-0.2, -0.15) is 0 Å². The van der Waals surface area contributed by atoms with Crippen molar-refractivity contribution in [3.63, 3.8) is 0 Å². The average molecular weight is 282 g/mol. The van der Waals surface area contributed by atoms with Crippen LogP contribution in [0.5, 0.6) is 0 Å². The molecule has 20 heavy (non-hydrogen) atoms. The Morgan fingerprint density at radius 3 is 2.65 bits per heavy atom. The van der Waals surface area contributed by atoms with Gasteiger partial charge in [-0.1, -0.05) is 26.7 Å². The zero-order chi connectivity index (χ0) is 14.4. The van der Waals surface area contributed by atoms with E-state index in [0.717, 1.165) is 18.9 Å². The number of ether oxygens (including phenoxy) is 1. The Balaban J connectivity index is 1.59. The van der Waals surface area contributed by atoms with Crippen LogP contribution < -0.4 is 10.6 Å². The number of urea groups is 1. The molecule has 2 aliphatic rings. The molecule has 0 aliphatic heterocycles. The SMILES string of the molecule is CC(C)C1CCCCC1NC(=O)NCCOCC1CC1. The third-order valence-corrected chi connectivity index (χ3v) is 4.57. The lowest BCUT2D eigenvalue weighted by Gasteiger charge is -2.34. The van der Waals surface area contributed by atoms with E-state index in [-0.39, 0.29) is 6.03 Å². The summed E-state index contributed by atoms with van der Waals surface area (Å²) in [4.78, 5) is 11.9. The summed E-state index contributed by atoms with van der Waals surface area (Å²) in [7, 11) is 0. The highest BCUT2D eigenvalue weighted by Crippen LogP contribution is 2.30. The third kappa shape index (κ3) is 5.31. The zero-order valence-electron chi connectivity index (χ0n) is 13.0. The van der Waals surface area contributed by atoms with Crippen LogP contribution in [0, 0.1) is 17.8 Å². The molecule has 0 aromatic rings. The van der Waals surface area contributed by atoms with Gasteiger partial charge in [0.25, 0.3) is 0 Å². The predicted octanol–water partition coefficient (Wildman–Crippen LogP) is 2.93. The van der Waals surface area contributed by atoms with Gasteiger partial charge < -0.3 is 15.4 Å². The molecule has 0 spiro atoms. The van der Waals surface area contributed by atoms with Crippen molar-refractivity contribution in [2.24, 2.45) is 17.8 Å². The molecule has 2 saturated carbocycles. The van der Waals surface area contributed by atoms with Crippen molar-refractivity contribution in [2.75, 3.05) is 19.8 Å². The van der Waals surface area contributed by atoms with Gasteiger partial charge in [0.05, 0.1) is 6.61 Å². The highest BCUT2D eigenvalue weighted by Gasteiger charge is 2.28. The highest BCUT2D eigenvalue weighted by molar-refractivity contribution is 5.74. The van der Waals surface area contributed by atoms with E-state index in [2.05, 4.69) is 24.5 Å². The van der Waals surface area contributed by atoms with Crippen molar-refractivity contribution >= 4 is 6.03 Å². The predicted molar refractivity (Wildman–Crippen MR) is 80.7 cm³/mol. The molecule has 2 atom stereocenters. The summed E-state index contributed by atoms with van der Waals surface area (Å²) in [6.45, 7) is 6.61. The van der Waals surface area contributed by atoms with Gasteiger partial charge in [0.15, 0.2) is 0 Å². The van der Waals surface area contributed by atoms with Gasteiger partial charge in [-0.3, -0.25) is 0 Å². The fourth-order valence-corrected chi connectivity index (χ4v) is 3.13. The van der Waals surface area contributed by atoms with Gasteiger partial charge in [0.2, 0.25) is 0 Å². The van der Waals surface area contributed by atoms with Crippen LogP contribution in [-0.4, -0.2) is 31.8 Å². The average Bonchev–Trinajstić information content (AvgIpc) is 3.23. The van der Waals surface area contributed by atoms with Crippen LogP contribution in [-0.2, 0) is 4.74 Å². The summed E-state index contributed by atoms with van der Waals surface area (Å²) >= 11 is 0. The minimum absolute atomic E-state index is 0.0300. The molecule has 2 unspecified atom stereocenters.